The minimum absolute atomic E-state index is 0.798. The summed E-state index contributed by atoms with van der Waals surface area (Å²) in [6.07, 6.45) is 3.98. The third kappa shape index (κ3) is 3.61. The molecule has 1 saturated heterocycles. The zero-order valence-electron chi connectivity index (χ0n) is 8.68. The van der Waals surface area contributed by atoms with Crippen LogP contribution in [-0.4, -0.2) is 35.6 Å². The summed E-state index contributed by atoms with van der Waals surface area (Å²) in [6, 6.07) is 0.798. The normalized spacial score (nSPS) is 23.4. The van der Waals surface area contributed by atoms with E-state index in [9.17, 15) is 0 Å². The lowest BCUT2D eigenvalue weighted by Crippen LogP contribution is -2.32. The van der Waals surface area contributed by atoms with E-state index in [0.29, 0.717) is 0 Å². The molecule has 76 valence electrons. The highest BCUT2D eigenvalue weighted by Gasteiger charge is 2.21. The van der Waals surface area contributed by atoms with Crippen LogP contribution in [0.2, 0.25) is 0 Å². The van der Waals surface area contributed by atoms with Gasteiger partial charge in [0.15, 0.2) is 0 Å². The summed E-state index contributed by atoms with van der Waals surface area (Å²) in [4.78, 5) is 3.49. The standard InChI is InChI=1S/C10H20N2S/c1-3-12-8-4-5-10(12)6-7-11-9(2)13/h10H,3-8H2,1-2H3,(H,11,13). The molecule has 0 aromatic rings. The number of nitrogens with zero attached hydrogens (tertiary/aromatic N) is 1. The van der Waals surface area contributed by atoms with E-state index in [1.165, 1.54) is 32.4 Å². The molecule has 1 heterocycles. The van der Waals surface area contributed by atoms with E-state index in [2.05, 4.69) is 17.1 Å². The first-order valence-corrected chi connectivity index (χ1v) is 5.63. The van der Waals surface area contributed by atoms with Crippen LogP contribution in [0.3, 0.4) is 0 Å². The smallest absolute Gasteiger partial charge is 0.0721 e. The van der Waals surface area contributed by atoms with E-state index >= 15 is 0 Å². The molecule has 0 aliphatic carbocycles. The van der Waals surface area contributed by atoms with Gasteiger partial charge in [-0.2, -0.15) is 0 Å². The van der Waals surface area contributed by atoms with E-state index in [4.69, 9.17) is 12.2 Å². The van der Waals surface area contributed by atoms with E-state index in [-0.39, 0.29) is 0 Å². The number of likely N-dealkylation sites (tertiary alicyclic amines) is 1. The highest BCUT2D eigenvalue weighted by molar-refractivity contribution is 7.80. The number of rotatable bonds is 4. The lowest BCUT2D eigenvalue weighted by Gasteiger charge is -2.22. The molecule has 0 bridgehead atoms. The minimum Gasteiger partial charge on any atom is -0.380 e. The minimum atomic E-state index is 0.798. The maximum absolute atomic E-state index is 4.97. The van der Waals surface area contributed by atoms with E-state index < -0.39 is 0 Å². The fourth-order valence-electron chi connectivity index (χ4n) is 2.05. The molecule has 0 aromatic heterocycles. The molecule has 1 atom stereocenters. The summed E-state index contributed by atoms with van der Waals surface area (Å²) in [6.45, 7) is 7.72. The molecule has 0 radical (unpaired) electrons. The predicted molar refractivity (Wildman–Crippen MR) is 61.2 cm³/mol. The Bertz CT molecular complexity index is 170. The third-order valence-electron chi connectivity index (χ3n) is 2.76. The van der Waals surface area contributed by atoms with Crippen LogP contribution in [0.5, 0.6) is 0 Å². The highest BCUT2D eigenvalue weighted by Crippen LogP contribution is 2.18. The van der Waals surface area contributed by atoms with E-state index in [1.807, 2.05) is 6.92 Å². The second-order valence-electron chi connectivity index (χ2n) is 3.70. The molecular weight excluding hydrogens is 180 g/mol. The summed E-state index contributed by atoms with van der Waals surface area (Å²) < 4.78 is 0. The number of hydrogen-bond donors (Lipinski definition) is 1. The van der Waals surface area contributed by atoms with Crippen LogP contribution in [0.25, 0.3) is 0 Å². The molecule has 1 aliphatic heterocycles. The predicted octanol–water partition coefficient (Wildman–Crippen LogP) is 1.80. The SMILES string of the molecule is CCN1CCCC1CCNC(C)=S. The Labute approximate surface area is 86.7 Å². The Morgan fingerprint density at radius 3 is 3.00 bits per heavy atom. The van der Waals surface area contributed by atoms with Crippen LogP contribution in [0.4, 0.5) is 0 Å². The van der Waals surface area contributed by atoms with Crippen LogP contribution < -0.4 is 5.32 Å². The zero-order chi connectivity index (χ0) is 9.68. The van der Waals surface area contributed by atoms with Crippen molar-refractivity contribution in [3.8, 4) is 0 Å². The number of hydrogen-bond acceptors (Lipinski definition) is 2. The molecule has 0 aromatic carbocycles. The summed E-state index contributed by atoms with van der Waals surface area (Å²) in [5.41, 5.74) is 0. The molecule has 0 saturated carbocycles. The largest absolute Gasteiger partial charge is 0.380 e. The van der Waals surface area contributed by atoms with Crippen LogP contribution in [-0.2, 0) is 0 Å². The van der Waals surface area contributed by atoms with Gasteiger partial charge in [-0.1, -0.05) is 19.1 Å². The molecular formula is C10H20N2S. The van der Waals surface area contributed by atoms with Crippen molar-refractivity contribution in [1.82, 2.24) is 10.2 Å². The van der Waals surface area contributed by atoms with Gasteiger partial charge < -0.3 is 10.2 Å². The summed E-state index contributed by atoms with van der Waals surface area (Å²) in [5, 5.41) is 3.22. The highest BCUT2D eigenvalue weighted by atomic mass is 32.1. The molecule has 3 heteroatoms. The van der Waals surface area contributed by atoms with Crippen molar-refractivity contribution in [2.75, 3.05) is 19.6 Å². The maximum Gasteiger partial charge on any atom is 0.0721 e. The van der Waals surface area contributed by atoms with Gasteiger partial charge in [-0.25, -0.2) is 0 Å². The van der Waals surface area contributed by atoms with Gasteiger partial charge >= 0.3 is 0 Å². The maximum atomic E-state index is 4.97. The van der Waals surface area contributed by atoms with Gasteiger partial charge in [0.1, 0.15) is 0 Å². The van der Waals surface area contributed by atoms with E-state index in [1.54, 1.807) is 0 Å². The van der Waals surface area contributed by atoms with Gasteiger partial charge in [-0.05, 0) is 39.3 Å². The first-order chi connectivity index (χ1) is 6.24. The monoisotopic (exact) mass is 200 g/mol. The average Bonchev–Trinajstić information content (AvgIpc) is 2.51. The first kappa shape index (κ1) is 10.9. The second-order valence-corrected chi connectivity index (χ2v) is 4.31. The second kappa shape index (κ2) is 5.55. The third-order valence-corrected chi connectivity index (χ3v) is 2.90. The van der Waals surface area contributed by atoms with Crippen LogP contribution in [0, 0.1) is 0 Å². The van der Waals surface area contributed by atoms with Crippen molar-refractivity contribution < 1.29 is 0 Å². The van der Waals surface area contributed by atoms with Gasteiger partial charge in [0.2, 0.25) is 0 Å². The molecule has 1 aliphatic rings. The van der Waals surface area contributed by atoms with Crippen LogP contribution in [0.1, 0.15) is 33.1 Å². The first-order valence-electron chi connectivity index (χ1n) is 5.22. The average molecular weight is 200 g/mol. The van der Waals surface area contributed by atoms with Gasteiger partial charge in [-0.3, -0.25) is 0 Å². The Hall–Kier alpha value is -0.150. The summed E-state index contributed by atoms with van der Waals surface area (Å²) in [5.74, 6) is 0. The molecule has 13 heavy (non-hydrogen) atoms. The van der Waals surface area contributed by atoms with Gasteiger partial charge in [-0.15, -0.1) is 0 Å². The molecule has 2 nitrogen and oxygen atoms in total. The topological polar surface area (TPSA) is 15.3 Å². The van der Waals surface area contributed by atoms with Crippen molar-refractivity contribution in [2.45, 2.75) is 39.2 Å². The van der Waals surface area contributed by atoms with Crippen molar-refractivity contribution in [3.05, 3.63) is 0 Å². The Balaban J connectivity index is 2.16. The summed E-state index contributed by atoms with van der Waals surface area (Å²) in [7, 11) is 0. The van der Waals surface area contributed by atoms with Crippen molar-refractivity contribution in [1.29, 1.82) is 0 Å². The number of nitrogens with one attached hydrogen (secondary N) is 1. The van der Waals surface area contributed by atoms with Gasteiger partial charge in [0.25, 0.3) is 0 Å². The molecule has 0 spiro atoms. The zero-order valence-corrected chi connectivity index (χ0v) is 9.49. The molecule has 0 amide bonds. The van der Waals surface area contributed by atoms with Crippen LogP contribution >= 0.6 is 12.2 Å². The van der Waals surface area contributed by atoms with Crippen molar-refractivity contribution in [2.24, 2.45) is 0 Å². The summed E-state index contributed by atoms with van der Waals surface area (Å²) >= 11 is 4.97. The van der Waals surface area contributed by atoms with Gasteiger partial charge in [0.05, 0.1) is 4.99 Å². The van der Waals surface area contributed by atoms with Crippen LogP contribution in [0.15, 0.2) is 0 Å². The quantitative estimate of drug-likeness (QED) is 0.697. The fraction of sp³-hybridized carbons (Fsp3) is 0.900. The van der Waals surface area contributed by atoms with Gasteiger partial charge in [0, 0.05) is 12.6 Å². The Morgan fingerprint density at radius 2 is 2.38 bits per heavy atom. The van der Waals surface area contributed by atoms with Crippen molar-refractivity contribution >= 4 is 17.2 Å². The Kier molecular flexibility index (Phi) is 4.67. The molecule has 1 fully saturated rings. The fourth-order valence-corrected chi connectivity index (χ4v) is 2.16. The molecule has 1 unspecified atom stereocenters. The lowest BCUT2D eigenvalue weighted by molar-refractivity contribution is 0.256. The lowest BCUT2D eigenvalue weighted by atomic mass is 10.1. The Morgan fingerprint density at radius 1 is 1.62 bits per heavy atom. The van der Waals surface area contributed by atoms with E-state index in [0.717, 1.165) is 17.6 Å². The molecule has 1 N–H and O–H groups in total. The number of thiocarbonyl (C=S) groups is 1. The van der Waals surface area contributed by atoms with Crippen molar-refractivity contribution in [3.63, 3.8) is 0 Å². The molecule has 1 rings (SSSR count).